The van der Waals surface area contributed by atoms with Crippen LogP contribution in [0.5, 0.6) is 0 Å². The zero-order valence-corrected chi connectivity index (χ0v) is 26.4. The van der Waals surface area contributed by atoms with E-state index in [1.807, 2.05) is 19.2 Å². The summed E-state index contributed by atoms with van der Waals surface area (Å²) in [5, 5.41) is 32.3. The number of aryl methyl sites for hydroxylation is 2. The molecule has 2 unspecified atom stereocenters. The zero-order chi connectivity index (χ0) is 31.3. The molecule has 4 rings (SSSR count). The molecule has 1 aliphatic carbocycles. The number of likely N-dealkylation sites (tertiary alicyclic amines) is 1. The van der Waals surface area contributed by atoms with Crippen molar-refractivity contribution in [3.8, 4) is 6.07 Å². The van der Waals surface area contributed by atoms with Gasteiger partial charge < -0.3 is 26.2 Å². The molecule has 0 spiro atoms. The van der Waals surface area contributed by atoms with E-state index in [1.165, 1.54) is 5.56 Å². The summed E-state index contributed by atoms with van der Waals surface area (Å²) in [6.45, 7) is 16.2. The van der Waals surface area contributed by atoms with E-state index in [1.54, 1.807) is 7.05 Å². The van der Waals surface area contributed by atoms with Crippen LogP contribution in [0, 0.1) is 16.7 Å². The summed E-state index contributed by atoms with van der Waals surface area (Å²) in [7, 11) is 3.52. The second kappa shape index (κ2) is 13.5. The maximum atomic E-state index is 12.7. The van der Waals surface area contributed by atoms with Crippen LogP contribution in [-0.4, -0.2) is 62.0 Å². The van der Waals surface area contributed by atoms with Crippen LogP contribution in [0.25, 0.3) is 5.70 Å². The van der Waals surface area contributed by atoms with Crippen molar-refractivity contribution in [1.82, 2.24) is 26.2 Å². The number of nitrogens with one attached hydrogen (secondary N) is 5. The first-order chi connectivity index (χ1) is 20.5. The van der Waals surface area contributed by atoms with Gasteiger partial charge in [0, 0.05) is 56.2 Å². The molecule has 0 bridgehead atoms. The number of fused-ring (bicyclic) bond motifs is 2. The van der Waals surface area contributed by atoms with Gasteiger partial charge in [0.15, 0.2) is 0 Å². The minimum Gasteiger partial charge on any atom is -0.388 e. The van der Waals surface area contributed by atoms with Gasteiger partial charge in [0.05, 0.1) is 11.5 Å². The van der Waals surface area contributed by atoms with Crippen molar-refractivity contribution in [2.24, 2.45) is 0 Å². The number of rotatable bonds is 11. The fraction of sp³-hybridized carbons (Fsp3) is 0.457. The third kappa shape index (κ3) is 6.47. The minimum atomic E-state index is -0.789. The van der Waals surface area contributed by atoms with Crippen LogP contribution < -0.4 is 21.3 Å². The van der Waals surface area contributed by atoms with Gasteiger partial charge in [-0.2, -0.15) is 5.26 Å². The van der Waals surface area contributed by atoms with Crippen LogP contribution in [0.1, 0.15) is 78.2 Å². The first-order valence-corrected chi connectivity index (χ1v) is 15.3. The van der Waals surface area contributed by atoms with Gasteiger partial charge in [-0.1, -0.05) is 31.4 Å². The topological polar surface area (TPSA) is 116 Å². The molecule has 1 aliphatic heterocycles. The Morgan fingerprint density at radius 3 is 2.28 bits per heavy atom. The monoisotopic (exact) mass is 581 g/mol. The minimum absolute atomic E-state index is 0.00133. The van der Waals surface area contributed by atoms with E-state index < -0.39 is 5.41 Å². The van der Waals surface area contributed by atoms with Gasteiger partial charge in [-0.25, -0.2) is 0 Å². The lowest BCUT2D eigenvalue weighted by molar-refractivity contribution is 0.0963. The first-order valence-electron chi connectivity index (χ1n) is 15.3. The number of hydrogen-bond donors (Lipinski definition) is 5. The quantitative estimate of drug-likeness (QED) is 0.198. The normalized spacial score (nSPS) is 19.8. The number of carbonyl (C=O) groups is 1. The Hall–Kier alpha value is -4.09. The van der Waals surface area contributed by atoms with Crippen LogP contribution in [0.2, 0.25) is 0 Å². The Morgan fingerprint density at radius 2 is 1.70 bits per heavy atom. The Kier molecular flexibility index (Phi) is 9.98. The Labute approximate surface area is 257 Å². The molecule has 1 amide bonds. The Morgan fingerprint density at radius 1 is 1.07 bits per heavy atom. The highest BCUT2D eigenvalue weighted by atomic mass is 16.1. The van der Waals surface area contributed by atoms with Crippen LogP contribution in [0.3, 0.4) is 0 Å². The average Bonchev–Trinajstić information content (AvgIpc) is 3.44. The predicted octanol–water partition coefficient (Wildman–Crippen LogP) is 4.47. The van der Waals surface area contributed by atoms with Crippen molar-refractivity contribution >= 4 is 17.4 Å². The largest absolute Gasteiger partial charge is 0.388 e. The summed E-state index contributed by atoms with van der Waals surface area (Å²) in [6.07, 6.45) is 4.03. The highest BCUT2D eigenvalue weighted by molar-refractivity contribution is 5.97. The van der Waals surface area contributed by atoms with Crippen molar-refractivity contribution in [1.29, 1.82) is 10.7 Å². The average molecular weight is 582 g/mol. The maximum Gasteiger partial charge on any atom is 0.251 e. The molecule has 2 aromatic carbocycles. The van der Waals surface area contributed by atoms with E-state index in [0.29, 0.717) is 24.4 Å². The summed E-state index contributed by atoms with van der Waals surface area (Å²) in [4.78, 5) is 14.8. The molecule has 3 atom stereocenters. The lowest BCUT2D eigenvalue weighted by Gasteiger charge is -2.40. The number of carbonyl (C=O) groups excluding carboxylic acids is 1. The number of amides is 1. The molecule has 1 fully saturated rings. The van der Waals surface area contributed by atoms with Crippen LogP contribution in [0.4, 0.5) is 0 Å². The lowest BCUT2D eigenvalue weighted by atomic mass is 9.67. The van der Waals surface area contributed by atoms with Crippen LogP contribution in [-0.2, 0) is 18.3 Å². The van der Waals surface area contributed by atoms with Crippen LogP contribution >= 0.6 is 0 Å². The van der Waals surface area contributed by atoms with Crippen molar-refractivity contribution in [3.05, 3.63) is 88.6 Å². The van der Waals surface area contributed by atoms with Gasteiger partial charge in [0.2, 0.25) is 0 Å². The van der Waals surface area contributed by atoms with Gasteiger partial charge in [0.1, 0.15) is 11.9 Å². The van der Waals surface area contributed by atoms with Crippen LogP contribution in [0.15, 0.2) is 55.3 Å². The van der Waals surface area contributed by atoms with E-state index in [9.17, 15) is 15.5 Å². The molecular weight excluding hydrogens is 534 g/mol. The van der Waals surface area contributed by atoms with Gasteiger partial charge in [-0.05, 0) is 98.9 Å². The molecule has 8 heteroatoms. The molecule has 0 saturated carbocycles. The summed E-state index contributed by atoms with van der Waals surface area (Å²) < 4.78 is 0. The number of nitriles is 1. The molecule has 2 aliphatic rings. The van der Waals surface area contributed by atoms with Gasteiger partial charge in [-0.15, -0.1) is 0 Å². The molecule has 228 valence electrons. The molecule has 1 heterocycles. The van der Waals surface area contributed by atoms with Gasteiger partial charge in [-0.3, -0.25) is 10.2 Å². The van der Waals surface area contributed by atoms with E-state index in [0.717, 1.165) is 65.9 Å². The van der Waals surface area contributed by atoms with Crippen molar-refractivity contribution in [2.45, 2.75) is 76.4 Å². The SMILES string of the molecule is C=C(NC)c1ccc2c(c1)CCc1cc(C(=O)NC)ccc1C2(C[C@H](C)NCC(=C)N1CCCC1C#N)C(=N)NC(C)C. The third-order valence-electron chi connectivity index (χ3n) is 8.87. The molecule has 8 nitrogen and oxygen atoms in total. The molecule has 1 saturated heterocycles. The number of amidine groups is 1. The van der Waals surface area contributed by atoms with E-state index in [2.05, 4.69) is 90.4 Å². The van der Waals surface area contributed by atoms with Crippen molar-refractivity contribution in [2.75, 3.05) is 27.2 Å². The molecular formula is C35H47N7O. The maximum absolute atomic E-state index is 12.7. The molecule has 43 heavy (non-hydrogen) atoms. The third-order valence-corrected chi connectivity index (χ3v) is 8.87. The first kappa shape index (κ1) is 31.8. The predicted molar refractivity (Wildman–Crippen MR) is 175 cm³/mol. The lowest BCUT2D eigenvalue weighted by Crippen LogP contribution is -2.51. The van der Waals surface area contributed by atoms with E-state index in [-0.39, 0.29) is 24.0 Å². The van der Waals surface area contributed by atoms with Gasteiger partial charge in [0.25, 0.3) is 5.91 Å². The summed E-state index contributed by atoms with van der Waals surface area (Å²) in [6, 6.07) is 14.8. The fourth-order valence-electron chi connectivity index (χ4n) is 6.67. The van der Waals surface area contributed by atoms with Crippen molar-refractivity contribution < 1.29 is 4.79 Å². The van der Waals surface area contributed by atoms with E-state index >= 15 is 0 Å². The Balaban J connectivity index is 1.82. The fourth-order valence-corrected chi connectivity index (χ4v) is 6.67. The van der Waals surface area contributed by atoms with Gasteiger partial charge >= 0.3 is 0 Å². The van der Waals surface area contributed by atoms with Crippen molar-refractivity contribution in [3.63, 3.8) is 0 Å². The highest BCUT2D eigenvalue weighted by Crippen LogP contribution is 2.44. The van der Waals surface area contributed by atoms with E-state index in [4.69, 9.17) is 0 Å². The number of nitrogens with zero attached hydrogens (tertiary/aromatic N) is 2. The number of hydrogen-bond acceptors (Lipinski definition) is 6. The Bertz CT molecular complexity index is 1370. The second-order valence-electron chi connectivity index (χ2n) is 12.2. The standard InChI is InChI=1S/C35H47N7O/c1-22(2)41-34(37)35(19-23(3)40-21-24(4)42-16-8-9-30(42)20-36)31-14-12-26(25(5)38-6)17-27(31)10-11-28-18-29(33(43)39-7)13-15-32(28)35/h12-15,17-18,22-23,30,38,40H,4-5,8-11,16,19,21H2,1-3,6-7H3,(H2,37,41)(H,39,43)/t23-,30?,35?/m0/s1. The molecule has 0 aromatic heterocycles. The summed E-state index contributed by atoms with van der Waals surface area (Å²) >= 11 is 0. The molecule has 2 aromatic rings. The smallest absolute Gasteiger partial charge is 0.251 e. The number of benzene rings is 2. The zero-order valence-electron chi connectivity index (χ0n) is 26.4. The second-order valence-corrected chi connectivity index (χ2v) is 12.2. The molecule has 0 radical (unpaired) electrons. The molecule has 5 N–H and O–H groups in total. The highest BCUT2D eigenvalue weighted by Gasteiger charge is 2.45. The summed E-state index contributed by atoms with van der Waals surface area (Å²) in [5.74, 6) is 0.320. The summed E-state index contributed by atoms with van der Waals surface area (Å²) in [5.41, 5.74) is 7.02.